The van der Waals surface area contributed by atoms with E-state index in [4.69, 9.17) is 0 Å². The van der Waals surface area contributed by atoms with Gasteiger partial charge in [0.05, 0.1) is 18.4 Å². The Kier molecular flexibility index (Phi) is 5.40. The summed E-state index contributed by atoms with van der Waals surface area (Å²) in [4.78, 5) is 15.4. The molecule has 0 saturated heterocycles. The van der Waals surface area contributed by atoms with Crippen molar-refractivity contribution >= 4 is 5.97 Å². The number of nitrogens with zero attached hydrogens (tertiary/aromatic N) is 1. The highest BCUT2D eigenvalue weighted by atomic mass is 19.1. The SMILES string of the molecule is COC(=O)c1ccc(CNCCc2ccccc2F)nc1. The summed E-state index contributed by atoms with van der Waals surface area (Å²) in [5.74, 6) is -0.582. The second-order valence-corrected chi connectivity index (χ2v) is 4.55. The summed E-state index contributed by atoms with van der Waals surface area (Å²) in [6, 6.07) is 10.2. The molecule has 0 radical (unpaired) electrons. The summed E-state index contributed by atoms with van der Waals surface area (Å²) < 4.78 is 18.0. The first kappa shape index (κ1) is 15.1. The molecule has 2 rings (SSSR count). The first-order chi connectivity index (χ1) is 10.2. The van der Waals surface area contributed by atoms with E-state index in [0.717, 1.165) is 5.69 Å². The summed E-state index contributed by atoms with van der Waals surface area (Å²) in [5.41, 5.74) is 1.93. The summed E-state index contributed by atoms with van der Waals surface area (Å²) in [5, 5.41) is 3.19. The molecular weight excluding hydrogens is 271 g/mol. The molecular formula is C16H17FN2O2. The van der Waals surface area contributed by atoms with Crippen LogP contribution in [0.5, 0.6) is 0 Å². The topological polar surface area (TPSA) is 51.2 Å². The Morgan fingerprint density at radius 1 is 1.29 bits per heavy atom. The van der Waals surface area contributed by atoms with E-state index in [0.29, 0.717) is 30.6 Å². The fourth-order valence-corrected chi connectivity index (χ4v) is 1.91. The molecule has 4 nitrogen and oxygen atoms in total. The molecule has 0 saturated carbocycles. The quantitative estimate of drug-likeness (QED) is 0.655. The van der Waals surface area contributed by atoms with Crippen LogP contribution in [0.1, 0.15) is 21.6 Å². The molecule has 21 heavy (non-hydrogen) atoms. The molecule has 0 amide bonds. The average Bonchev–Trinajstić information content (AvgIpc) is 2.53. The highest BCUT2D eigenvalue weighted by Crippen LogP contribution is 2.06. The van der Waals surface area contributed by atoms with Crippen molar-refractivity contribution in [2.24, 2.45) is 0 Å². The van der Waals surface area contributed by atoms with Crippen molar-refractivity contribution in [3.63, 3.8) is 0 Å². The van der Waals surface area contributed by atoms with E-state index in [-0.39, 0.29) is 5.82 Å². The van der Waals surface area contributed by atoms with Gasteiger partial charge in [-0.25, -0.2) is 9.18 Å². The number of carbonyl (C=O) groups is 1. The van der Waals surface area contributed by atoms with Crippen LogP contribution >= 0.6 is 0 Å². The second kappa shape index (κ2) is 7.50. The number of rotatable bonds is 6. The van der Waals surface area contributed by atoms with E-state index in [1.165, 1.54) is 19.4 Å². The number of halogens is 1. The number of hydrogen-bond acceptors (Lipinski definition) is 4. The third kappa shape index (κ3) is 4.36. The van der Waals surface area contributed by atoms with Gasteiger partial charge in [0.2, 0.25) is 0 Å². The molecule has 1 heterocycles. The fourth-order valence-electron chi connectivity index (χ4n) is 1.91. The Labute approximate surface area is 123 Å². The maximum Gasteiger partial charge on any atom is 0.339 e. The number of carbonyl (C=O) groups excluding carboxylic acids is 1. The number of nitrogens with one attached hydrogen (secondary N) is 1. The predicted molar refractivity (Wildman–Crippen MR) is 77.4 cm³/mol. The van der Waals surface area contributed by atoms with Crippen LogP contribution in [-0.2, 0) is 17.7 Å². The largest absolute Gasteiger partial charge is 0.465 e. The van der Waals surface area contributed by atoms with Crippen molar-refractivity contribution < 1.29 is 13.9 Å². The monoisotopic (exact) mass is 288 g/mol. The molecule has 0 fully saturated rings. The molecule has 110 valence electrons. The van der Waals surface area contributed by atoms with E-state index in [2.05, 4.69) is 15.0 Å². The maximum absolute atomic E-state index is 13.4. The molecule has 0 aliphatic rings. The number of ether oxygens (including phenoxy) is 1. The van der Waals surface area contributed by atoms with Gasteiger partial charge in [0, 0.05) is 12.7 Å². The van der Waals surface area contributed by atoms with Crippen LogP contribution in [0, 0.1) is 5.82 Å². The normalized spacial score (nSPS) is 10.4. The third-order valence-corrected chi connectivity index (χ3v) is 3.08. The van der Waals surface area contributed by atoms with Gasteiger partial charge < -0.3 is 10.1 Å². The lowest BCUT2D eigenvalue weighted by molar-refractivity contribution is 0.0600. The maximum atomic E-state index is 13.4. The highest BCUT2D eigenvalue weighted by molar-refractivity contribution is 5.88. The Balaban J connectivity index is 1.79. The molecule has 0 spiro atoms. The molecule has 0 unspecified atom stereocenters. The van der Waals surface area contributed by atoms with Crippen LogP contribution in [0.25, 0.3) is 0 Å². The van der Waals surface area contributed by atoms with Crippen molar-refractivity contribution in [2.75, 3.05) is 13.7 Å². The van der Waals surface area contributed by atoms with Crippen molar-refractivity contribution in [3.8, 4) is 0 Å². The van der Waals surface area contributed by atoms with Crippen molar-refractivity contribution in [1.29, 1.82) is 0 Å². The van der Waals surface area contributed by atoms with Crippen molar-refractivity contribution in [3.05, 3.63) is 65.2 Å². The number of benzene rings is 1. The van der Waals surface area contributed by atoms with E-state index < -0.39 is 5.97 Å². The molecule has 2 aromatic rings. The zero-order chi connectivity index (χ0) is 15.1. The van der Waals surface area contributed by atoms with E-state index >= 15 is 0 Å². The predicted octanol–water partition coefficient (Wildman–Crippen LogP) is 2.34. The minimum absolute atomic E-state index is 0.181. The zero-order valence-electron chi connectivity index (χ0n) is 11.8. The number of aromatic nitrogens is 1. The molecule has 1 N–H and O–H groups in total. The smallest absolute Gasteiger partial charge is 0.339 e. The lowest BCUT2D eigenvalue weighted by Crippen LogP contribution is -2.18. The minimum Gasteiger partial charge on any atom is -0.465 e. The molecule has 1 aromatic heterocycles. The Hall–Kier alpha value is -2.27. The summed E-state index contributed by atoms with van der Waals surface area (Å²) in [6.07, 6.45) is 2.10. The van der Waals surface area contributed by atoms with Gasteiger partial charge in [-0.1, -0.05) is 18.2 Å². The van der Waals surface area contributed by atoms with Crippen LogP contribution in [-0.4, -0.2) is 24.6 Å². The average molecular weight is 288 g/mol. The number of hydrogen-bond donors (Lipinski definition) is 1. The van der Waals surface area contributed by atoms with E-state index in [1.54, 1.807) is 24.3 Å². The summed E-state index contributed by atoms with van der Waals surface area (Å²) >= 11 is 0. The first-order valence-corrected chi connectivity index (χ1v) is 6.68. The number of methoxy groups -OCH3 is 1. The lowest BCUT2D eigenvalue weighted by atomic mass is 10.1. The van der Waals surface area contributed by atoms with Gasteiger partial charge in [0.25, 0.3) is 0 Å². The van der Waals surface area contributed by atoms with Crippen LogP contribution in [0.15, 0.2) is 42.6 Å². The van der Waals surface area contributed by atoms with Crippen LogP contribution in [0.3, 0.4) is 0 Å². The van der Waals surface area contributed by atoms with Gasteiger partial charge in [-0.2, -0.15) is 0 Å². The zero-order valence-corrected chi connectivity index (χ0v) is 11.8. The second-order valence-electron chi connectivity index (χ2n) is 4.55. The molecule has 0 atom stereocenters. The number of pyridine rings is 1. The fraction of sp³-hybridized carbons (Fsp3) is 0.250. The summed E-state index contributed by atoms with van der Waals surface area (Å²) in [7, 11) is 1.33. The third-order valence-electron chi connectivity index (χ3n) is 3.08. The van der Waals surface area contributed by atoms with Crippen molar-refractivity contribution in [1.82, 2.24) is 10.3 Å². The first-order valence-electron chi connectivity index (χ1n) is 6.68. The van der Waals surface area contributed by atoms with Crippen molar-refractivity contribution in [2.45, 2.75) is 13.0 Å². The van der Waals surface area contributed by atoms with Gasteiger partial charge >= 0.3 is 5.97 Å². The van der Waals surface area contributed by atoms with Crippen LogP contribution in [0.2, 0.25) is 0 Å². The standard InChI is InChI=1S/C16H17FN2O2/c1-21-16(20)13-6-7-14(19-10-13)11-18-9-8-12-4-2-3-5-15(12)17/h2-7,10,18H,8-9,11H2,1H3. The minimum atomic E-state index is -0.401. The molecule has 0 aliphatic heterocycles. The Morgan fingerprint density at radius 2 is 2.10 bits per heavy atom. The Morgan fingerprint density at radius 3 is 2.76 bits per heavy atom. The van der Waals surface area contributed by atoms with E-state index in [1.807, 2.05) is 6.07 Å². The van der Waals surface area contributed by atoms with Gasteiger partial charge in [-0.05, 0) is 36.7 Å². The molecule has 1 aromatic carbocycles. The van der Waals surface area contributed by atoms with Gasteiger partial charge in [-0.15, -0.1) is 0 Å². The highest BCUT2D eigenvalue weighted by Gasteiger charge is 2.05. The molecule has 0 aliphatic carbocycles. The van der Waals surface area contributed by atoms with Gasteiger partial charge in [0.15, 0.2) is 0 Å². The molecule has 5 heteroatoms. The lowest BCUT2D eigenvalue weighted by Gasteiger charge is -2.06. The molecule has 0 bridgehead atoms. The van der Waals surface area contributed by atoms with Crippen LogP contribution < -0.4 is 5.32 Å². The van der Waals surface area contributed by atoms with Crippen LogP contribution in [0.4, 0.5) is 4.39 Å². The summed E-state index contributed by atoms with van der Waals surface area (Å²) in [6.45, 7) is 1.22. The van der Waals surface area contributed by atoms with Gasteiger partial charge in [-0.3, -0.25) is 4.98 Å². The Bertz CT molecular complexity index is 599. The van der Waals surface area contributed by atoms with Gasteiger partial charge in [0.1, 0.15) is 5.82 Å². The number of esters is 1. The van der Waals surface area contributed by atoms with E-state index in [9.17, 15) is 9.18 Å².